The predicted molar refractivity (Wildman–Crippen MR) is 124 cm³/mol. The van der Waals surface area contributed by atoms with Gasteiger partial charge in [0.05, 0.1) is 0 Å². The summed E-state index contributed by atoms with van der Waals surface area (Å²) in [4.78, 5) is 45.6. The van der Waals surface area contributed by atoms with E-state index in [1.54, 1.807) is 6.20 Å². The van der Waals surface area contributed by atoms with Crippen LogP contribution in [0.3, 0.4) is 0 Å². The zero-order valence-electron chi connectivity index (χ0n) is 18.8. The number of hydrogen-bond donors (Lipinski definition) is 2. The molecule has 3 heterocycles. The Morgan fingerprint density at radius 3 is 2.64 bits per heavy atom. The van der Waals surface area contributed by atoms with Gasteiger partial charge in [0.1, 0.15) is 5.54 Å². The monoisotopic (exact) mass is 447 g/mol. The van der Waals surface area contributed by atoms with Gasteiger partial charge in [0, 0.05) is 55.7 Å². The molecular weight excluding hydrogens is 418 g/mol. The Morgan fingerprint density at radius 1 is 1.15 bits per heavy atom. The molecule has 0 radical (unpaired) electrons. The molecule has 2 atom stereocenters. The van der Waals surface area contributed by atoms with Crippen molar-refractivity contribution in [3.8, 4) is 11.1 Å². The Morgan fingerprint density at radius 2 is 1.97 bits per heavy atom. The average Bonchev–Trinajstić information content (AvgIpc) is 3.64. The van der Waals surface area contributed by atoms with Crippen LogP contribution in [0.5, 0.6) is 0 Å². The molecule has 8 nitrogen and oxygen atoms in total. The minimum Gasteiger partial charge on any atom is -0.365 e. The minimum atomic E-state index is -0.910. The van der Waals surface area contributed by atoms with Gasteiger partial charge in [0.15, 0.2) is 0 Å². The predicted octanol–water partition coefficient (Wildman–Crippen LogP) is 2.55. The molecule has 33 heavy (non-hydrogen) atoms. The third-order valence-electron chi connectivity index (χ3n) is 7.13. The molecule has 5 rings (SSSR count). The maximum absolute atomic E-state index is 13.0. The van der Waals surface area contributed by atoms with Crippen molar-refractivity contribution in [2.45, 2.75) is 44.2 Å². The summed E-state index contributed by atoms with van der Waals surface area (Å²) in [5, 5.41) is 5.17. The lowest BCUT2D eigenvalue weighted by molar-refractivity contribution is -0.133. The number of carbonyl (C=O) groups is 3. The second-order valence-corrected chi connectivity index (χ2v) is 9.33. The van der Waals surface area contributed by atoms with Crippen molar-refractivity contribution in [2.75, 3.05) is 24.5 Å². The van der Waals surface area contributed by atoms with Crippen LogP contribution in [0.25, 0.3) is 11.1 Å². The lowest BCUT2D eigenvalue weighted by Crippen LogP contribution is -2.54. The van der Waals surface area contributed by atoms with Gasteiger partial charge < -0.3 is 15.1 Å². The molecule has 3 fully saturated rings. The molecule has 2 aliphatic heterocycles. The molecular formula is C25H29N5O3. The first-order chi connectivity index (χ1) is 16.0. The molecule has 2 N–H and O–H groups in total. The molecule has 4 amide bonds. The number of urea groups is 1. The number of nitrogens with zero attached hydrogens (tertiary/aromatic N) is 3. The first-order valence-electron chi connectivity index (χ1n) is 11.6. The van der Waals surface area contributed by atoms with E-state index >= 15 is 0 Å². The maximum atomic E-state index is 13.0. The van der Waals surface area contributed by atoms with E-state index in [4.69, 9.17) is 0 Å². The summed E-state index contributed by atoms with van der Waals surface area (Å²) < 4.78 is 0. The topological polar surface area (TPSA) is 94.6 Å². The van der Waals surface area contributed by atoms with E-state index in [-0.39, 0.29) is 30.2 Å². The molecule has 1 aromatic carbocycles. The molecule has 3 aliphatic rings. The van der Waals surface area contributed by atoms with Crippen molar-refractivity contribution in [3.05, 3.63) is 48.8 Å². The summed E-state index contributed by atoms with van der Waals surface area (Å²) in [5.41, 5.74) is 2.42. The second-order valence-electron chi connectivity index (χ2n) is 9.33. The van der Waals surface area contributed by atoms with Crippen LogP contribution in [0.2, 0.25) is 0 Å². The van der Waals surface area contributed by atoms with Gasteiger partial charge in [-0.15, -0.1) is 0 Å². The minimum absolute atomic E-state index is 0.0413. The van der Waals surface area contributed by atoms with Gasteiger partial charge in [0.25, 0.3) is 5.91 Å². The van der Waals surface area contributed by atoms with Crippen molar-refractivity contribution < 1.29 is 14.4 Å². The Hall–Kier alpha value is -3.42. The summed E-state index contributed by atoms with van der Waals surface area (Å²) in [7, 11) is 0. The number of benzene rings is 1. The average molecular weight is 448 g/mol. The molecule has 172 valence electrons. The SMILES string of the molecule is C[C@H]1CN(C(=O)CCC2(C3CC3)NC(=O)NC2=O)CCN1c1cccc(-c2cccnc2)c1. The van der Waals surface area contributed by atoms with Gasteiger partial charge in [-0.05, 0) is 55.9 Å². The Kier molecular flexibility index (Phi) is 5.52. The number of piperazine rings is 1. The van der Waals surface area contributed by atoms with Crippen molar-refractivity contribution in [3.63, 3.8) is 0 Å². The van der Waals surface area contributed by atoms with Gasteiger partial charge in [-0.3, -0.25) is 19.9 Å². The first-order valence-corrected chi connectivity index (χ1v) is 11.6. The van der Waals surface area contributed by atoms with Crippen LogP contribution in [0.15, 0.2) is 48.8 Å². The quantitative estimate of drug-likeness (QED) is 0.664. The third kappa shape index (κ3) is 4.17. The lowest BCUT2D eigenvalue weighted by atomic mass is 9.87. The number of hydrogen-bond acceptors (Lipinski definition) is 5. The van der Waals surface area contributed by atoms with Crippen LogP contribution in [-0.2, 0) is 9.59 Å². The molecule has 1 unspecified atom stereocenters. The summed E-state index contributed by atoms with van der Waals surface area (Å²) in [6.45, 7) is 4.14. The number of aromatic nitrogens is 1. The maximum Gasteiger partial charge on any atom is 0.322 e. The van der Waals surface area contributed by atoms with E-state index in [1.165, 1.54) is 0 Å². The van der Waals surface area contributed by atoms with Gasteiger partial charge in [-0.2, -0.15) is 0 Å². The Labute approximate surface area is 193 Å². The van der Waals surface area contributed by atoms with Crippen molar-refractivity contribution in [1.29, 1.82) is 0 Å². The van der Waals surface area contributed by atoms with Gasteiger partial charge in [-0.25, -0.2) is 4.79 Å². The standard InChI is InChI=1S/C25H29N5O3/c1-17-16-29(22(31)9-10-25(20-7-8-20)23(32)27-24(33)28-25)12-13-30(17)21-6-2-4-18(14-21)19-5-3-11-26-15-19/h2-6,11,14-15,17,20H,7-10,12-13,16H2,1H3,(H2,27,28,32,33)/t17-,25?/m0/s1. The van der Waals surface area contributed by atoms with Gasteiger partial charge in [-0.1, -0.05) is 18.2 Å². The molecule has 2 saturated heterocycles. The third-order valence-corrected chi connectivity index (χ3v) is 7.13. The highest BCUT2D eigenvalue weighted by Crippen LogP contribution is 2.43. The van der Waals surface area contributed by atoms with E-state index in [2.05, 4.69) is 51.7 Å². The lowest BCUT2D eigenvalue weighted by Gasteiger charge is -2.41. The van der Waals surface area contributed by atoms with E-state index in [0.717, 1.165) is 36.2 Å². The smallest absolute Gasteiger partial charge is 0.322 e. The molecule has 8 heteroatoms. The van der Waals surface area contributed by atoms with Crippen LogP contribution in [0, 0.1) is 5.92 Å². The zero-order valence-corrected chi connectivity index (χ0v) is 18.8. The van der Waals surface area contributed by atoms with Crippen molar-refractivity contribution in [1.82, 2.24) is 20.5 Å². The summed E-state index contributed by atoms with van der Waals surface area (Å²) in [6, 6.07) is 12.1. The number of rotatable bonds is 6. The molecule has 1 aliphatic carbocycles. The van der Waals surface area contributed by atoms with Crippen molar-refractivity contribution >= 4 is 23.5 Å². The van der Waals surface area contributed by atoms with Crippen LogP contribution in [0.1, 0.15) is 32.6 Å². The number of amides is 4. The zero-order chi connectivity index (χ0) is 23.0. The molecule has 1 saturated carbocycles. The largest absolute Gasteiger partial charge is 0.365 e. The summed E-state index contributed by atoms with van der Waals surface area (Å²) >= 11 is 0. The van der Waals surface area contributed by atoms with Gasteiger partial charge >= 0.3 is 6.03 Å². The van der Waals surface area contributed by atoms with E-state index in [1.807, 2.05) is 23.2 Å². The van der Waals surface area contributed by atoms with E-state index in [9.17, 15) is 14.4 Å². The number of anilines is 1. The Balaban J connectivity index is 1.22. The fourth-order valence-electron chi connectivity index (χ4n) is 5.18. The summed E-state index contributed by atoms with van der Waals surface area (Å²) in [5.74, 6) is -0.103. The highest BCUT2D eigenvalue weighted by molar-refractivity contribution is 6.07. The highest BCUT2D eigenvalue weighted by Gasteiger charge is 2.55. The first kappa shape index (κ1) is 21.4. The summed E-state index contributed by atoms with van der Waals surface area (Å²) in [6.07, 6.45) is 6.07. The van der Waals surface area contributed by atoms with Crippen LogP contribution >= 0.6 is 0 Å². The number of carbonyl (C=O) groups excluding carboxylic acids is 3. The Bertz CT molecular complexity index is 1070. The normalized spacial score (nSPS) is 25.1. The number of pyridine rings is 1. The molecule has 1 aromatic heterocycles. The number of nitrogens with one attached hydrogen (secondary N) is 2. The van der Waals surface area contributed by atoms with E-state index in [0.29, 0.717) is 19.5 Å². The van der Waals surface area contributed by atoms with Crippen molar-refractivity contribution in [2.24, 2.45) is 5.92 Å². The second kappa shape index (κ2) is 8.50. The highest BCUT2D eigenvalue weighted by atomic mass is 16.2. The molecule has 0 bridgehead atoms. The fourth-order valence-corrected chi connectivity index (χ4v) is 5.18. The van der Waals surface area contributed by atoms with Crippen LogP contribution in [0.4, 0.5) is 10.5 Å². The number of imide groups is 1. The van der Waals surface area contributed by atoms with Gasteiger partial charge in [0.2, 0.25) is 5.91 Å². The van der Waals surface area contributed by atoms with E-state index < -0.39 is 11.6 Å². The fraction of sp³-hybridized carbons (Fsp3) is 0.440. The molecule has 0 spiro atoms. The van der Waals surface area contributed by atoms with Crippen LogP contribution in [-0.4, -0.2) is 58.9 Å². The van der Waals surface area contributed by atoms with Crippen LogP contribution < -0.4 is 15.5 Å². The molecule has 2 aromatic rings.